The number of hydrogen-bond acceptors (Lipinski definition) is 3. The van der Waals surface area contributed by atoms with E-state index >= 15 is 0 Å². The van der Waals surface area contributed by atoms with Crippen LogP contribution in [0.4, 0.5) is 0 Å². The maximum absolute atomic E-state index is 11.7. The summed E-state index contributed by atoms with van der Waals surface area (Å²) in [5.74, 6) is 1.43. The summed E-state index contributed by atoms with van der Waals surface area (Å²) in [6.45, 7) is 4.32. The van der Waals surface area contributed by atoms with E-state index in [-0.39, 0.29) is 11.3 Å². The summed E-state index contributed by atoms with van der Waals surface area (Å²) in [7, 11) is 0. The van der Waals surface area contributed by atoms with Crippen LogP contribution in [0, 0.1) is 23.7 Å². The monoisotopic (exact) mass is 293 g/mol. The highest BCUT2D eigenvalue weighted by Gasteiger charge is 2.53. The minimum atomic E-state index is -0.756. The van der Waals surface area contributed by atoms with Gasteiger partial charge in [-0.3, -0.25) is 14.5 Å². The van der Waals surface area contributed by atoms with Crippen LogP contribution < -0.4 is 0 Å². The molecule has 4 nitrogen and oxygen atoms in total. The summed E-state index contributed by atoms with van der Waals surface area (Å²) in [5, 5.41) is 9.24. The number of nitrogens with zero attached hydrogens (tertiary/aromatic N) is 1. The van der Waals surface area contributed by atoms with Crippen LogP contribution in [-0.4, -0.2) is 40.4 Å². The minimum absolute atomic E-state index is 0.115. The summed E-state index contributed by atoms with van der Waals surface area (Å²) in [6.07, 6.45) is 7.63. The van der Waals surface area contributed by atoms with Crippen molar-refractivity contribution in [2.45, 2.75) is 57.9 Å². The second-order valence-electron chi connectivity index (χ2n) is 7.96. The molecule has 0 saturated heterocycles. The maximum atomic E-state index is 11.7. The van der Waals surface area contributed by atoms with Gasteiger partial charge in [0.05, 0.1) is 12.5 Å². The van der Waals surface area contributed by atoms with Crippen LogP contribution in [0.15, 0.2) is 0 Å². The van der Waals surface area contributed by atoms with Crippen LogP contribution in [0.1, 0.15) is 52.4 Å². The first-order valence-electron chi connectivity index (χ1n) is 8.35. The predicted octanol–water partition coefficient (Wildman–Crippen LogP) is 2.57. The van der Waals surface area contributed by atoms with Crippen LogP contribution in [0.2, 0.25) is 0 Å². The van der Waals surface area contributed by atoms with Gasteiger partial charge in [0.1, 0.15) is 5.78 Å². The van der Waals surface area contributed by atoms with Gasteiger partial charge in [0.15, 0.2) is 0 Å². The fraction of sp³-hybridized carbons (Fsp3) is 0.882. The van der Waals surface area contributed by atoms with Gasteiger partial charge < -0.3 is 5.11 Å². The zero-order valence-corrected chi connectivity index (χ0v) is 13.2. The lowest BCUT2D eigenvalue weighted by molar-refractivity contribution is -0.146. The van der Waals surface area contributed by atoms with Crippen molar-refractivity contribution in [1.82, 2.24) is 4.90 Å². The fourth-order valence-electron chi connectivity index (χ4n) is 5.56. The third-order valence-corrected chi connectivity index (χ3v) is 6.01. The van der Waals surface area contributed by atoms with Gasteiger partial charge in [-0.25, -0.2) is 0 Å². The van der Waals surface area contributed by atoms with Gasteiger partial charge in [-0.2, -0.15) is 0 Å². The molecule has 4 fully saturated rings. The Morgan fingerprint density at radius 2 is 1.62 bits per heavy atom. The Morgan fingerprint density at radius 1 is 1.14 bits per heavy atom. The highest BCUT2D eigenvalue weighted by atomic mass is 16.4. The highest BCUT2D eigenvalue weighted by molar-refractivity contribution is 5.78. The predicted molar refractivity (Wildman–Crippen MR) is 80.0 cm³/mol. The molecular formula is C17H27NO3. The van der Waals surface area contributed by atoms with E-state index in [1.165, 1.54) is 38.5 Å². The van der Waals surface area contributed by atoms with E-state index in [4.69, 9.17) is 0 Å². The Balaban J connectivity index is 1.81. The normalized spacial score (nSPS) is 38.7. The van der Waals surface area contributed by atoms with Crippen LogP contribution in [0.5, 0.6) is 0 Å². The van der Waals surface area contributed by atoms with Gasteiger partial charge in [0.25, 0.3) is 0 Å². The van der Waals surface area contributed by atoms with Crippen molar-refractivity contribution in [2.75, 3.05) is 13.1 Å². The van der Waals surface area contributed by atoms with Gasteiger partial charge in [0.2, 0.25) is 0 Å². The summed E-state index contributed by atoms with van der Waals surface area (Å²) in [5.41, 5.74) is 0.115. The Bertz CT molecular complexity index is 410. The molecule has 0 aromatic carbocycles. The SMILES string of the molecule is CC(=O)CN(CC(C)C(=O)O)C12CC3CC(CC(C3)C1)C2. The van der Waals surface area contributed by atoms with Gasteiger partial charge in [-0.15, -0.1) is 0 Å². The third-order valence-electron chi connectivity index (χ3n) is 6.01. The molecule has 4 aliphatic rings. The van der Waals surface area contributed by atoms with E-state index < -0.39 is 11.9 Å². The van der Waals surface area contributed by atoms with Crippen molar-refractivity contribution in [3.63, 3.8) is 0 Å². The van der Waals surface area contributed by atoms with Crippen molar-refractivity contribution in [3.8, 4) is 0 Å². The molecule has 0 spiro atoms. The second-order valence-corrected chi connectivity index (χ2v) is 7.96. The molecule has 0 heterocycles. The van der Waals surface area contributed by atoms with Gasteiger partial charge in [-0.1, -0.05) is 6.92 Å². The van der Waals surface area contributed by atoms with Gasteiger partial charge in [0, 0.05) is 12.1 Å². The standard InChI is InChI=1S/C17H27NO3/c1-11(16(20)21)9-18(10-12(2)19)17-6-13-3-14(7-17)5-15(4-13)8-17/h11,13-15H,3-10H2,1-2H3,(H,20,21). The number of aliphatic carboxylic acids is 1. The fourth-order valence-corrected chi connectivity index (χ4v) is 5.56. The molecule has 1 atom stereocenters. The number of carbonyl (C=O) groups excluding carboxylic acids is 1. The highest BCUT2D eigenvalue weighted by Crippen LogP contribution is 2.57. The lowest BCUT2D eigenvalue weighted by Gasteiger charge is -2.60. The molecule has 118 valence electrons. The Hall–Kier alpha value is -0.900. The number of rotatable bonds is 6. The van der Waals surface area contributed by atoms with E-state index in [0.29, 0.717) is 13.1 Å². The van der Waals surface area contributed by atoms with Crippen molar-refractivity contribution in [1.29, 1.82) is 0 Å². The van der Waals surface area contributed by atoms with E-state index in [9.17, 15) is 14.7 Å². The zero-order valence-electron chi connectivity index (χ0n) is 13.2. The molecule has 0 aliphatic heterocycles. The zero-order chi connectivity index (χ0) is 15.2. The van der Waals surface area contributed by atoms with Crippen LogP contribution in [-0.2, 0) is 9.59 Å². The Labute approximate surface area is 126 Å². The van der Waals surface area contributed by atoms with Crippen molar-refractivity contribution < 1.29 is 14.7 Å². The van der Waals surface area contributed by atoms with Gasteiger partial charge in [-0.05, 0) is 63.2 Å². The van der Waals surface area contributed by atoms with Gasteiger partial charge >= 0.3 is 5.97 Å². The van der Waals surface area contributed by atoms with Crippen LogP contribution in [0.3, 0.4) is 0 Å². The van der Waals surface area contributed by atoms with Crippen molar-refractivity contribution >= 4 is 11.8 Å². The third kappa shape index (κ3) is 2.87. The second kappa shape index (κ2) is 5.38. The largest absolute Gasteiger partial charge is 0.481 e. The van der Waals surface area contributed by atoms with E-state index in [2.05, 4.69) is 4.90 Å². The number of carboxylic acid groups (broad SMARTS) is 1. The first-order chi connectivity index (χ1) is 9.88. The van der Waals surface area contributed by atoms with Crippen LogP contribution >= 0.6 is 0 Å². The number of ketones is 1. The molecule has 4 bridgehead atoms. The molecule has 4 aliphatic carbocycles. The molecular weight excluding hydrogens is 266 g/mol. The summed E-state index contributed by atoms with van der Waals surface area (Å²) < 4.78 is 0. The first-order valence-corrected chi connectivity index (χ1v) is 8.35. The molecule has 1 N–H and O–H groups in total. The molecule has 0 radical (unpaired) electrons. The van der Waals surface area contributed by atoms with E-state index in [1.807, 2.05) is 0 Å². The molecule has 21 heavy (non-hydrogen) atoms. The first kappa shape index (κ1) is 15.0. The summed E-state index contributed by atoms with van der Waals surface area (Å²) in [4.78, 5) is 25.2. The Morgan fingerprint density at radius 3 is 2.00 bits per heavy atom. The molecule has 4 saturated carbocycles. The minimum Gasteiger partial charge on any atom is -0.481 e. The number of carbonyl (C=O) groups is 2. The quantitative estimate of drug-likeness (QED) is 0.817. The lowest BCUT2D eigenvalue weighted by Crippen LogP contribution is -2.61. The molecule has 0 aromatic heterocycles. The average molecular weight is 293 g/mol. The molecule has 4 heteroatoms. The maximum Gasteiger partial charge on any atom is 0.307 e. The molecule has 1 unspecified atom stereocenters. The molecule has 4 rings (SSSR count). The number of Topliss-reactive ketones (excluding diaryl/α,β-unsaturated/α-hetero) is 1. The molecule has 0 aromatic rings. The van der Waals surface area contributed by atoms with E-state index in [1.54, 1.807) is 13.8 Å². The lowest BCUT2D eigenvalue weighted by atomic mass is 9.52. The summed E-state index contributed by atoms with van der Waals surface area (Å²) in [6, 6.07) is 0. The topological polar surface area (TPSA) is 57.6 Å². The Kier molecular flexibility index (Phi) is 3.85. The van der Waals surface area contributed by atoms with Crippen LogP contribution in [0.25, 0.3) is 0 Å². The number of carboxylic acids is 1. The van der Waals surface area contributed by atoms with E-state index in [0.717, 1.165) is 17.8 Å². The van der Waals surface area contributed by atoms with Crippen molar-refractivity contribution in [2.24, 2.45) is 23.7 Å². The van der Waals surface area contributed by atoms with Crippen molar-refractivity contribution in [3.05, 3.63) is 0 Å². The average Bonchev–Trinajstić information content (AvgIpc) is 2.35. The smallest absolute Gasteiger partial charge is 0.307 e. The number of hydrogen-bond donors (Lipinski definition) is 1. The summed E-state index contributed by atoms with van der Waals surface area (Å²) >= 11 is 0. The molecule has 0 amide bonds.